The SMILES string of the molecule is CCOC(=O)/C(=C/C(=O)O)CCN1CCOCC1. The Kier molecular flexibility index (Phi) is 6.38. The lowest BCUT2D eigenvalue weighted by Crippen LogP contribution is -2.37. The van der Waals surface area contributed by atoms with E-state index in [1.54, 1.807) is 6.92 Å². The van der Waals surface area contributed by atoms with E-state index in [4.69, 9.17) is 14.6 Å². The minimum Gasteiger partial charge on any atom is -0.478 e. The number of aliphatic carboxylic acids is 1. The largest absolute Gasteiger partial charge is 0.478 e. The molecule has 6 nitrogen and oxygen atoms in total. The minimum absolute atomic E-state index is 0.204. The van der Waals surface area contributed by atoms with Crippen LogP contribution in [0.5, 0.6) is 0 Å². The van der Waals surface area contributed by atoms with Gasteiger partial charge >= 0.3 is 11.9 Å². The quantitative estimate of drug-likeness (QED) is 0.544. The lowest BCUT2D eigenvalue weighted by Gasteiger charge is -2.26. The number of carbonyl (C=O) groups is 2. The maximum absolute atomic E-state index is 11.6. The van der Waals surface area contributed by atoms with E-state index < -0.39 is 11.9 Å². The molecule has 1 aliphatic heterocycles. The standard InChI is InChI=1S/C12H19NO5/c1-2-18-12(16)10(9-11(14)15)3-4-13-5-7-17-8-6-13/h9H,2-8H2,1H3,(H,14,15)/b10-9+. The van der Waals surface area contributed by atoms with Crippen molar-refractivity contribution in [2.24, 2.45) is 0 Å². The Bertz CT molecular complexity index is 320. The Labute approximate surface area is 106 Å². The molecule has 1 fully saturated rings. The molecule has 1 aliphatic rings. The lowest BCUT2D eigenvalue weighted by molar-refractivity contribution is -0.139. The average molecular weight is 257 g/mol. The second-order valence-electron chi connectivity index (χ2n) is 3.93. The number of nitrogens with zero attached hydrogens (tertiary/aromatic N) is 1. The number of hydrogen-bond donors (Lipinski definition) is 1. The van der Waals surface area contributed by atoms with Gasteiger partial charge in [0.1, 0.15) is 0 Å². The van der Waals surface area contributed by atoms with Crippen molar-refractivity contribution in [2.75, 3.05) is 39.5 Å². The summed E-state index contributed by atoms with van der Waals surface area (Å²) >= 11 is 0. The summed E-state index contributed by atoms with van der Waals surface area (Å²) in [6.07, 6.45) is 1.31. The van der Waals surface area contributed by atoms with Crippen molar-refractivity contribution in [2.45, 2.75) is 13.3 Å². The van der Waals surface area contributed by atoms with Crippen LogP contribution in [-0.4, -0.2) is 61.4 Å². The summed E-state index contributed by atoms with van der Waals surface area (Å²) in [4.78, 5) is 24.3. The predicted molar refractivity (Wildman–Crippen MR) is 64.2 cm³/mol. The van der Waals surface area contributed by atoms with Crippen LogP contribution < -0.4 is 0 Å². The first-order chi connectivity index (χ1) is 8.63. The molecule has 1 heterocycles. The first-order valence-corrected chi connectivity index (χ1v) is 6.04. The van der Waals surface area contributed by atoms with E-state index in [1.807, 2.05) is 0 Å². The third-order valence-corrected chi connectivity index (χ3v) is 2.64. The molecule has 1 rings (SSSR count). The van der Waals surface area contributed by atoms with Gasteiger partial charge in [0.25, 0.3) is 0 Å². The number of carboxylic acid groups (broad SMARTS) is 1. The fourth-order valence-corrected chi connectivity index (χ4v) is 1.71. The molecule has 0 saturated carbocycles. The van der Waals surface area contributed by atoms with Gasteiger partial charge in [-0.15, -0.1) is 0 Å². The van der Waals surface area contributed by atoms with Crippen molar-refractivity contribution in [3.8, 4) is 0 Å². The first-order valence-electron chi connectivity index (χ1n) is 6.04. The van der Waals surface area contributed by atoms with Crippen molar-refractivity contribution in [3.05, 3.63) is 11.6 Å². The van der Waals surface area contributed by atoms with Crippen molar-refractivity contribution in [1.29, 1.82) is 0 Å². The van der Waals surface area contributed by atoms with E-state index in [0.717, 1.165) is 19.2 Å². The Morgan fingerprint density at radius 1 is 1.39 bits per heavy atom. The van der Waals surface area contributed by atoms with Crippen LogP contribution in [0.2, 0.25) is 0 Å². The molecule has 1 saturated heterocycles. The highest BCUT2D eigenvalue weighted by atomic mass is 16.5. The monoisotopic (exact) mass is 257 g/mol. The average Bonchev–Trinajstić information content (AvgIpc) is 2.35. The Hall–Kier alpha value is -1.40. The molecule has 0 amide bonds. The van der Waals surface area contributed by atoms with E-state index in [9.17, 15) is 9.59 Å². The summed E-state index contributed by atoms with van der Waals surface area (Å²) in [5.41, 5.74) is 0.204. The van der Waals surface area contributed by atoms with Crippen LogP contribution in [-0.2, 0) is 19.1 Å². The lowest BCUT2D eigenvalue weighted by atomic mass is 10.1. The summed E-state index contributed by atoms with van der Waals surface area (Å²) in [5, 5.41) is 8.72. The Morgan fingerprint density at radius 3 is 2.61 bits per heavy atom. The Balaban J connectivity index is 2.50. The zero-order valence-electron chi connectivity index (χ0n) is 10.6. The highest BCUT2D eigenvalue weighted by molar-refractivity contribution is 5.95. The van der Waals surface area contributed by atoms with Crippen LogP contribution in [0.15, 0.2) is 11.6 Å². The maximum Gasteiger partial charge on any atom is 0.334 e. The van der Waals surface area contributed by atoms with Crippen LogP contribution in [0.1, 0.15) is 13.3 Å². The molecule has 0 unspecified atom stereocenters. The molecule has 1 N–H and O–H groups in total. The van der Waals surface area contributed by atoms with Gasteiger partial charge < -0.3 is 14.6 Å². The van der Waals surface area contributed by atoms with E-state index in [2.05, 4.69) is 4.90 Å². The van der Waals surface area contributed by atoms with E-state index in [1.165, 1.54) is 0 Å². The zero-order valence-corrected chi connectivity index (χ0v) is 10.6. The molecule has 0 bridgehead atoms. The number of ether oxygens (including phenoxy) is 2. The third kappa shape index (κ3) is 5.29. The topological polar surface area (TPSA) is 76.1 Å². The molecule has 0 aliphatic carbocycles. The second-order valence-corrected chi connectivity index (χ2v) is 3.93. The van der Waals surface area contributed by atoms with Crippen LogP contribution in [0.3, 0.4) is 0 Å². The van der Waals surface area contributed by atoms with Crippen LogP contribution >= 0.6 is 0 Å². The predicted octanol–water partition coefficient (Wildman–Crippen LogP) is 0.283. The number of morpholine rings is 1. The van der Waals surface area contributed by atoms with E-state index in [-0.39, 0.29) is 12.2 Å². The van der Waals surface area contributed by atoms with Gasteiger partial charge in [-0.3, -0.25) is 4.90 Å². The molecule has 6 heteroatoms. The molecule has 0 atom stereocenters. The summed E-state index contributed by atoms with van der Waals surface area (Å²) in [6, 6.07) is 0. The van der Waals surface area contributed by atoms with Gasteiger partial charge in [0.15, 0.2) is 0 Å². The minimum atomic E-state index is -1.12. The maximum atomic E-state index is 11.6. The highest BCUT2D eigenvalue weighted by Gasteiger charge is 2.16. The van der Waals surface area contributed by atoms with Gasteiger partial charge in [0.05, 0.1) is 19.8 Å². The summed E-state index contributed by atoms with van der Waals surface area (Å²) in [7, 11) is 0. The van der Waals surface area contributed by atoms with Crippen LogP contribution in [0.4, 0.5) is 0 Å². The first kappa shape index (κ1) is 14.7. The summed E-state index contributed by atoms with van der Waals surface area (Å²) in [6.45, 7) is 5.55. The molecule has 102 valence electrons. The smallest absolute Gasteiger partial charge is 0.334 e. The molecular formula is C12H19NO5. The van der Waals surface area contributed by atoms with Gasteiger partial charge in [-0.25, -0.2) is 9.59 Å². The van der Waals surface area contributed by atoms with Gasteiger partial charge in [0, 0.05) is 31.3 Å². The highest BCUT2D eigenvalue weighted by Crippen LogP contribution is 2.08. The van der Waals surface area contributed by atoms with Crippen LogP contribution in [0.25, 0.3) is 0 Å². The molecule has 0 radical (unpaired) electrons. The molecule has 0 aromatic heterocycles. The van der Waals surface area contributed by atoms with Crippen molar-refractivity contribution < 1.29 is 24.2 Å². The third-order valence-electron chi connectivity index (χ3n) is 2.64. The number of rotatable bonds is 6. The Morgan fingerprint density at radius 2 is 2.06 bits per heavy atom. The van der Waals surface area contributed by atoms with E-state index in [0.29, 0.717) is 26.2 Å². The van der Waals surface area contributed by atoms with Crippen molar-refractivity contribution >= 4 is 11.9 Å². The molecule has 0 spiro atoms. The normalized spacial score (nSPS) is 17.5. The summed E-state index contributed by atoms with van der Waals surface area (Å²) < 4.78 is 10.0. The van der Waals surface area contributed by atoms with Crippen LogP contribution in [0, 0.1) is 0 Å². The second kappa shape index (κ2) is 7.84. The van der Waals surface area contributed by atoms with Gasteiger partial charge in [0.2, 0.25) is 0 Å². The molecular weight excluding hydrogens is 238 g/mol. The van der Waals surface area contributed by atoms with Gasteiger partial charge in [-0.1, -0.05) is 0 Å². The fourth-order valence-electron chi connectivity index (χ4n) is 1.71. The zero-order chi connectivity index (χ0) is 13.4. The fraction of sp³-hybridized carbons (Fsp3) is 0.667. The van der Waals surface area contributed by atoms with Gasteiger partial charge in [-0.05, 0) is 13.3 Å². The number of hydrogen-bond acceptors (Lipinski definition) is 5. The number of esters is 1. The van der Waals surface area contributed by atoms with Crippen molar-refractivity contribution in [1.82, 2.24) is 4.90 Å². The molecule has 0 aromatic rings. The number of carbonyl (C=O) groups excluding carboxylic acids is 1. The van der Waals surface area contributed by atoms with Crippen molar-refractivity contribution in [3.63, 3.8) is 0 Å². The number of carboxylic acids is 1. The van der Waals surface area contributed by atoms with E-state index >= 15 is 0 Å². The molecule has 18 heavy (non-hydrogen) atoms. The molecule has 0 aromatic carbocycles. The van der Waals surface area contributed by atoms with Gasteiger partial charge in [-0.2, -0.15) is 0 Å². The summed E-state index contributed by atoms with van der Waals surface area (Å²) in [5.74, 6) is -1.67.